The lowest BCUT2D eigenvalue weighted by atomic mass is 9.91. The van der Waals surface area contributed by atoms with Crippen LogP contribution in [0.15, 0.2) is 24.3 Å². The van der Waals surface area contributed by atoms with Crippen molar-refractivity contribution in [1.82, 2.24) is 0 Å². The van der Waals surface area contributed by atoms with Gasteiger partial charge in [0.05, 0.1) is 12.7 Å². The fourth-order valence-corrected chi connectivity index (χ4v) is 3.41. The molecule has 30 heavy (non-hydrogen) atoms. The minimum atomic E-state index is -0.781. The number of phenols is 2. The zero-order valence-electron chi connectivity index (χ0n) is 17.7. The van der Waals surface area contributed by atoms with E-state index in [0.717, 1.165) is 0 Å². The van der Waals surface area contributed by atoms with Crippen LogP contribution >= 0.6 is 0 Å². The smallest absolute Gasteiger partial charge is 0.303 e. The van der Waals surface area contributed by atoms with E-state index in [0.29, 0.717) is 23.8 Å². The highest BCUT2D eigenvalue weighted by atomic mass is 16.5. The lowest BCUT2D eigenvalue weighted by Gasteiger charge is -2.23. The molecule has 0 saturated heterocycles. The highest BCUT2D eigenvalue weighted by Gasteiger charge is 2.30. The van der Waals surface area contributed by atoms with Crippen molar-refractivity contribution in [3.8, 4) is 17.2 Å². The van der Waals surface area contributed by atoms with Gasteiger partial charge >= 0.3 is 5.97 Å². The summed E-state index contributed by atoms with van der Waals surface area (Å²) in [4.78, 5) is 36.4. The molecule has 160 valence electrons. The van der Waals surface area contributed by atoms with Crippen molar-refractivity contribution in [2.45, 2.75) is 40.2 Å². The maximum Gasteiger partial charge on any atom is 0.303 e. The molecular formula is C23H26O7. The van der Waals surface area contributed by atoms with Crippen LogP contribution in [0.5, 0.6) is 17.2 Å². The van der Waals surface area contributed by atoms with Crippen LogP contribution in [0.3, 0.4) is 0 Å². The van der Waals surface area contributed by atoms with Gasteiger partial charge in [-0.3, -0.25) is 14.4 Å². The first-order valence-corrected chi connectivity index (χ1v) is 9.51. The first-order chi connectivity index (χ1) is 14.1. The van der Waals surface area contributed by atoms with E-state index in [2.05, 4.69) is 0 Å². The number of benzene rings is 2. The van der Waals surface area contributed by atoms with E-state index in [1.54, 1.807) is 6.92 Å². The second-order valence-corrected chi connectivity index (χ2v) is 7.51. The fraction of sp³-hybridized carbons (Fsp3) is 0.348. The lowest BCUT2D eigenvalue weighted by Crippen LogP contribution is -2.15. The lowest BCUT2D eigenvalue weighted by molar-refractivity contribution is -0.147. The number of ether oxygens (including phenoxy) is 2. The number of carbonyl (C=O) groups is 3. The molecule has 2 N–H and O–H groups in total. The maximum atomic E-state index is 13.3. The molecular weight excluding hydrogens is 388 g/mol. The molecule has 0 heterocycles. The van der Waals surface area contributed by atoms with Crippen molar-refractivity contribution in [1.29, 1.82) is 0 Å². The molecule has 2 aromatic rings. The van der Waals surface area contributed by atoms with Crippen molar-refractivity contribution >= 4 is 18.0 Å². The SMILES string of the molecule is COc1c([C@H](CC(C)C)OC(C)=O)ccc(O)c1C(=O)c1c(O)cc(C)cc1C=O. The Hall–Kier alpha value is -3.35. The van der Waals surface area contributed by atoms with Gasteiger partial charge in [0.2, 0.25) is 5.78 Å². The number of aromatic hydroxyl groups is 2. The van der Waals surface area contributed by atoms with E-state index in [4.69, 9.17) is 9.47 Å². The second kappa shape index (κ2) is 9.43. The second-order valence-electron chi connectivity index (χ2n) is 7.51. The summed E-state index contributed by atoms with van der Waals surface area (Å²) in [5.74, 6) is -1.87. The standard InChI is InChI=1S/C23H26O7/c1-12(2)8-19(30-14(4)25)16-6-7-17(26)21(23(16)29-5)22(28)20-15(11-24)9-13(3)10-18(20)27/h6-7,9-12,19,26-27H,8H2,1-5H3/t19-/m0/s1. The molecule has 0 spiro atoms. The van der Waals surface area contributed by atoms with Crippen LogP contribution in [0.4, 0.5) is 0 Å². The van der Waals surface area contributed by atoms with Crippen molar-refractivity contribution in [2.24, 2.45) is 5.92 Å². The number of phenolic OH excluding ortho intramolecular Hbond substituents is 2. The van der Waals surface area contributed by atoms with E-state index in [-0.39, 0.29) is 39.9 Å². The van der Waals surface area contributed by atoms with Gasteiger partial charge in [-0.1, -0.05) is 13.8 Å². The minimum Gasteiger partial charge on any atom is -0.507 e. The summed E-state index contributed by atoms with van der Waals surface area (Å²) in [6.45, 7) is 6.87. The molecule has 0 aliphatic rings. The monoisotopic (exact) mass is 414 g/mol. The van der Waals surface area contributed by atoms with Crippen molar-refractivity contribution < 1.29 is 34.1 Å². The van der Waals surface area contributed by atoms with Crippen LogP contribution in [0.25, 0.3) is 0 Å². The van der Waals surface area contributed by atoms with Gasteiger partial charge in [0, 0.05) is 18.1 Å². The summed E-state index contributed by atoms with van der Waals surface area (Å²) < 4.78 is 10.9. The zero-order valence-corrected chi connectivity index (χ0v) is 17.7. The Kier molecular flexibility index (Phi) is 7.21. The van der Waals surface area contributed by atoms with Crippen molar-refractivity contribution in [3.05, 3.63) is 52.1 Å². The molecule has 0 fully saturated rings. The largest absolute Gasteiger partial charge is 0.507 e. The van der Waals surface area contributed by atoms with E-state index in [1.807, 2.05) is 13.8 Å². The molecule has 0 radical (unpaired) electrons. The van der Waals surface area contributed by atoms with Gasteiger partial charge in [0.1, 0.15) is 28.9 Å². The zero-order chi connectivity index (χ0) is 22.6. The van der Waals surface area contributed by atoms with Crippen LogP contribution < -0.4 is 4.74 Å². The van der Waals surface area contributed by atoms with Crippen LogP contribution in [-0.2, 0) is 9.53 Å². The third kappa shape index (κ3) is 4.79. The van der Waals surface area contributed by atoms with Crippen molar-refractivity contribution in [3.63, 3.8) is 0 Å². The highest BCUT2D eigenvalue weighted by molar-refractivity contribution is 6.17. The van der Waals surface area contributed by atoms with Crippen LogP contribution in [0.2, 0.25) is 0 Å². The third-order valence-corrected chi connectivity index (χ3v) is 4.58. The van der Waals surface area contributed by atoms with E-state index in [1.165, 1.54) is 38.3 Å². The third-order valence-electron chi connectivity index (χ3n) is 4.58. The van der Waals surface area contributed by atoms with Gasteiger partial charge < -0.3 is 19.7 Å². The Morgan fingerprint density at radius 2 is 1.77 bits per heavy atom. The molecule has 0 unspecified atom stereocenters. The van der Waals surface area contributed by atoms with Crippen LogP contribution in [-0.4, -0.2) is 35.4 Å². The minimum absolute atomic E-state index is 0.0110. The number of esters is 1. The average Bonchev–Trinajstić information content (AvgIpc) is 2.65. The number of carbonyl (C=O) groups excluding carboxylic acids is 3. The fourth-order valence-electron chi connectivity index (χ4n) is 3.41. The number of ketones is 1. The Bertz CT molecular complexity index is 976. The molecule has 1 atom stereocenters. The molecule has 0 saturated carbocycles. The summed E-state index contributed by atoms with van der Waals surface area (Å²) in [6, 6.07) is 5.64. The summed E-state index contributed by atoms with van der Waals surface area (Å²) in [5, 5.41) is 20.8. The molecule has 2 aromatic carbocycles. The van der Waals surface area contributed by atoms with Gasteiger partial charge in [-0.25, -0.2) is 0 Å². The predicted molar refractivity (Wildman–Crippen MR) is 110 cm³/mol. The Morgan fingerprint density at radius 3 is 2.30 bits per heavy atom. The van der Waals surface area contributed by atoms with Crippen LogP contribution in [0, 0.1) is 12.8 Å². The number of hydrogen-bond donors (Lipinski definition) is 2. The summed E-state index contributed by atoms with van der Waals surface area (Å²) >= 11 is 0. The highest BCUT2D eigenvalue weighted by Crippen LogP contribution is 2.41. The van der Waals surface area contributed by atoms with Gasteiger partial charge in [-0.05, 0) is 49.1 Å². The summed E-state index contributed by atoms with van der Waals surface area (Å²) in [6.07, 6.45) is 0.221. The summed E-state index contributed by atoms with van der Waals surface area (Å²) in [5.41, 5.74) is 0.528. The molecule has 0 bridgehead atoms. The maximum absolute atomic E-state index is 13.3. The van der Waals surface area contributed by atoms with E-state index >= 15 is 0 Å². The molecule has 7 heteroatoms. The first-order valence-electron chi connectivity index (χ1n) is 9.51. The van der Waals surface area contributed by atoms with E-state index in [9.17, 15) is 24.6 Å². The van der Waals surface area contributed by atoms with Gasteiger partial charge in [-0.15, -0.1) is 0 Å². The topological polar surface area (TPSA) is 110 Å². The molecule has 7 nitrogen and oxygen atoms in total. The number of aryl methyl sites for hydroxylation is 1. The molecule has 0 amide bonds. The average molecular weight is 414 g/mol. The van der Waals surface area contributed by atoms with Gasteiger partial charge in [0.25, 0.3) is 0 Å². The Balaban J connectivity index is 2.73. The number of hydrogen-bond acceptors (Lipinski definition) is 7. The molecule has 2 rings (SSSR count). The molecule has 0 aliphatic heterocycles. The van der Waals surface area contributed by atoms with E-state index < -0.39 is 17.9 Å². The molecule has 0 aliphatic carbocycles. The number of rotatable bonds is 8. The molecule has 0 aromatic heterocycles. The predicted octanol–water partition coefficient (Wildman–Crippen LogP) is 4.11. The quantitative estimate of drug-likeness (QED) is 0.380. The first kappa shape index (κ1) is 22.9. The van der Waals surface area contributed by atoms with Gasteiger partial charge in [0.15, 0.2) is 6.29 Å². The Morgan fingerprint density at radius 1 is 1.10 bits per heavy atom. The summed E-state index contributed by atoms with van der Waals surface area (Å²) in [7, 11) is 1.32. The van der Waals surface area contributed by atoms with Crippen LogP contribution in [0.1, 0.15) is 70.7 Å². The number of aldehydes is 1. The van der Waals surface area contributed by atoms with Crippen molar-refractivity contribution in [2.75, 3.05) is 7.11 Å². The number of methoxy groups -OCH3 is 1. The Labute approximate surface area is 175 Å². The normalized spacial score (nSPS) is 11.8. The van der Waals surface area contributed by atoms with Gasteiger partial charge in [-0.2, -0.15) is 0 Å².